The van der Waals surface area contributed by atoms with E-state index >= 15 is 0 Å². The summed E-state index contributed by atoms with van der Waals surface area (Å²) in [5.74, 6) is -2.54. The van der Waals surface area contributed by atoms with Crippen LogP contribution < -0.4 is 11.1 Å². The summed E-state index contributed by atoms with van der Waals surface area (Å²) in [4.78, 5) is 46.0. The number of carboxylic acids is 1. The van der Waals surface area contributed by atoms with Gasteiger partial charge in [-0.05, 0) is 12.8 Å². The second-order valence-electron chi connectivity index (χ2n) is 4.34. The topological polar surface area (TPSA) is 139 Å². The van der Waals surface area contributed by atoms with Gasteiger partial charge in [-0.25, -0.2) is 9.59 Å². The molecule has 0 heterocycles. The van der Waals surface area contributed by atoms with Crippen LogP contribution in [0, 0.1) is 0 Å². The molecule has 1 atom stereocenters. The first kappa shape index (κ1) is 18.7. The predicted octanol–water partition coefficient (Wildman–Crippen LogP) is -0.700. The number of nitrogens with zero attached hydrogens (tertiary/aromatic N) is 1. The van der Waals surface area contributed by atoms with E-state index in [1.165, 1.54) is 7.11 Å². The first-order valence-corrected chi connectivity index (χ1v) is 6.45. The number of ether oxygens (including phenoxy) is 1. The van der Waals surface area contributed by atoms with Crippen molar-refractivity contribution in [2.24, 2.45) is 5.73 Å². The monoisotopic (exact) mass is 303 g/mol. The van der Waals surface area contributed by atoms with Gasteiger partial charge in [-0.3, -0.25) is 9.59 Å². The minimum Gasteiger partial charge on any atom is -0.480 e. The number of carbonyl (C=O) groups is 4. The largest absolute Gasteiger partial charge is 0.480 e. The first-order valence-electron chi connectivity index (χ1n) is 6.45. The Balaban J connectivity index is 4.69. The summed E-state index contributed by atoms with van der Waals surface area (Å²) >= 11 is 0. The van der Waals surface area contributed by atoms with E-state index in [0.29, 0.717) is 6.42 Å². The minimum atomic E-state index is -1.28. The molecule has 0 aromatic rings. The number of aliphatic carboxylic acids is 1. The number of primary amides is 1. The lowest BCUT2D eigenvalue weighted by molar-refractivity contribution is -0.141. The third kappa shape index (κ3) is 7.75. The van der Waals surface area contributed by atoms with Gasteiger partial charge in [0.25, 0.3) is 0 Å². The fraction of sp³-hybridized carbons (Fsp3) is 0.667. The number of carboxylic acid groups (broad SMARTS) is 1. The normalized spacial score (nSPS) is 11.3. The second-order valence-corrected chi connectivity index (χ2v) is 4.34. The average Bonchev–Trinajstić information content (AvgIpc) is 2.41. The van der Waals surface area contributed by atoms with Crippen molar-refractivity contribution in [1.82, 2.24) is 10.2 Å². The first-order chi connectivity index (χ1) is 9.81. The van der Waals surface area contributed by atoms with E-state index in [1.807, 2.05) is 0 Å². The zero-order chi connectivity index (χ0) is 16.4. The molecule has 0 fully saturated rings. The lowest BCUT2D eigenvalue weighted by Gasteiger charge is -2.23. The number of rotatable bonds is 9. The number of esters is 1. The Kier molecular flexibility index (Phi) is 8.51. The molecular weight excluding hydrogens is 282 g/mol. The Morgan fingerprint density at radius 3 is 2.38 bits per heavy atom. The van der Waals surface area contributed by atoms with Crippen LogP contribution in [0.1, 0.15) is 26.2 Å². The van der Waals surface area contributed by atoms with Crippen LogP contribution in [-0.2, 0) is 19.1 Å². The van der Waals surface area contributed by atoms with Gasteiger partial charge in [0.2, 0.25) is 5.91 Å². The maximum atomic E-state index is 12.0. The lowest BCUT2D eigenvalue weighted by atomic mass is 10.1. The van der Waals surface area contributed by atoms with Gasteiger partial charge in [-0.15, -0.1) is 0 Å². The number of methoxy groups -OCH3 is 1. The molecule has 0 rings (SSSR count). The van der Waals surface area contributed by atoms with E-state index < -0.39 is 29.9 Å². The summed E-state index contributed by atoms with van der Waals surface area (Å²) in [6.07, 6.45) is 0.306. The van der Waals surface area contributed by atoms with Crippen molar-refractivity contribution < 1.29 is 29.0 Å². The summed E-state index contributed by atoms with van der Waals surface area (Å²) in [5, 5.41) is 11.3. The van der Waals surface area contributed by atoms with Crippen molar-refractivity contribution in [3.63, 3.8) is 0 Å². The van der Waals surface area contributed by atoms with Gasteiger partial charge in [0, 0.05) is 13.0 Å². The fourth-order valence-corrected chi connectivity index (χ4v) is 1.53. The third-order valence-corrected chi connectivity index (χ3v) is 2.60. The number of hydrogen-bond acceptors (Lipinski definition) is 5. The Bertz CT molecular complexity index is 398. The van der Waals surface area contributed by atoms with Crippen LogP contribution in [-0.4, -0.2) is 60.1 Å². The minimum absolute atomic E-state index is 0.116. The van der Waals surface area contributed by atoms with Gasteiger partial charge < -0.3 is 25.8 Å². The highest BCUT2D eigenvalue weighted by Crippen LogP contribution is 2.01. The molecule has 0 radical (unpaired) electrons. The Hall–Kier alpha value is -2.32. The molecule has 0 aliphatic carbocycles. The zero-order valence-corrected chi connectivity index (χ0v) is 12.1. The summed E-state index contributed by atoms with van der Waals surface area (Å²) < 4.78 is 4.47. The summed E-state index contributed by atoms with van der Waals surface area (Å²) in [6, 6.07) is -1.96. The van der Waals surface area contributed by atoms with Crippen molar-refractivity contribution in [1.29, 1.82) is 0 Å². The van der Waals surface area contributed by atoms with Gasteiger partial charge >= 0.3 is 18.0 Å². The van der Waals surface area contributed by atoms with Crippen LogP contribution >= 0.6 is 0 Å². The summed E-state index contributed by atoms with van der Waals surface area (Å²) in [6.45, 7) is 1.79. The van der Waals surface area contributed by atoms with Crippen molar-refractivity contribution in [3.05, 3.63) is 0 Å². The molecule has 0 aliphatic heterocycles. The Morgan fingerprint density at radius 2 is 1.95 bits per heavy atom. The molecule has 0 spiro atoms. The van der Waals surface area contributed by atoms with Crippen molar-refractivity contribution in [2.45, 2.75) is 32.2 Å². The predicted molar refractivity (Wildman–Crippen MR) is 72.3 cm³/mol. The van der Waals surface area contributed by atoms with Crippen LogP contribution in [0.4, 0.5) is 4.79 Å². The molecule has 3 amide bonds. The Morgan fingerprint density at radius 1 is 1.33 bits per heavy atom. The molecule has 4 N–H and O–H groups in total. The summed E-state index contributed by atoms with van der Waals surface area (Å²) in [5.41, 5.74) is 4.95. The van der Waals surface area contributed by atoms with E-state index in [1.54, 1.807) is 6.92 Å². The molecule has 0 bridgehead atoms. The molecule has 0 aliphatic rings. The molecule has 0 saturated carbocycles. The number of hydrogen-bond donors (Lipinski definition) is 3. The van der Waals surface area contributed by atoms with Crippen LogP contribution in [0.3, 0.4) is 0 Å². The van der Waals surface area contributed by atoms with E-state index in [-0.39, 0.29) is 25.9 Å². The molecule has 0 unspecified atom stereocenters. The van der Waals surface area contributed by atoms with E-state index in [4.69, 9.17) is 10.8 Å². The Labute approximate surface area is 122 Å². The van der Waals surface area contributed by atoms with Gasteiger partial charge in [0.1, 0.15) is 12.6 Å². The van der Waals surface area contributed by atoms with Crippen molar-refractivity contribution in [3.8, 4) is 0 Å². The molecular formula is C12H21N3O6. The highest BCUT2D eigenvalue weighted by molar-refractivity contribution is 5.85. The molecule has 21 heavy (non-hydrogen) atoms. The number of urea groups is 1. The van der Waals surface area contributed by atoms with Crippen LogP contribution in [0.2, 0.25) is 0 Å². The maximum Gasteiger partial charge on any atom is 0.326 e. The fourth-order valence-electron chi connectivity index (χ4n) is 1.53. The maximum absolute atomic E-state index is 12.0. The average molecular weight is 303 g/mol. The quantitative estimate of drug-likeness (QED) is 0.481. The molecule has 0 saturated heterocycles. The van der Waals surface area contributed by atoms with E-state index in [2.05, 4.69) is 10.1 Å². The van der Waals surface area contributed by atoms with Crippen molar-refractivity contribution in [2.75, 3.05) is 20.2 Å². The molecule has 9 heteroatoms. The number of nitrogens with two attached hydrogens (primary N) is 1. The van der Waals surface area contributed by atoms with Crippen molar-refractivity contribution >= 4 is 23.9 Å². The van der Waals surface area contributed by atoms with Gasteiger partial charge in [-0.1, -0.05) is 6.92 Å². The van der Waals surface area contributed by atoms with E-state index in [0.717, 1.165) is 4.90 Å². The SMILES string of the molecule is CCCN(CC(=O)OC)C(=O)N[C@@H](CCC(N)=O)C(=O)O. The van der Waals surface area contributed by atoms with E-state index in [9.17, 15) is 19.2 Å². The number of nitrogens with one attached hydrogen (secondary N) is 1. The smallest absolute Gasteiger partial charge is 0.326 e. The summed E-state index contributed by atoms with van der Waals surface area (Å²) in [7, 11) is 1.19. The zero-order valence-electron chi connectivity index (χ0n) is 12.1. The third-order valence-electron chi connectivity index (χ3n) is 2.60. The molecule has 0 aromatic carbocycles. The van der Waals surface area contributed by atoms with Gasteiger partial charge in [0.15, 0.2) is 0 Å². The molecule has 0 aromatic heterocycles. The highest BCUT2D eigenvalue weighted by Gasteiger charge is 2.24. The van der Waals surface area contributed by atoms with Gasteiger partial charge in [-0.2, -0.15) is 0 Å². The highest BCUT2D eigenvalue weighted by atomic mass is 16.5. The van der Waals surface area contributed by atoms with Crippen LogP contribution in [0.5, 0.6) is 0 Å². The van der Waals surface area contributed by atoms with Crippen LogP contribution in [0.25, 0.3) is 0 Å². The van der Waals surface area contributed by atoms with Crippen LogP contribution in [0.15, 0.2) is 0 Å². The van der Waals surface area contributed by atoms with Gasteiger partial charge in [0.05, 0.1) is 7.11 Å². The molecule has 9 nitrogen and oxygen atoms in total. The standard InChI is InChI=1S/C12H21N3O6/c1-3-6-15(7-10(17)21-2)12(20)14-8(11(18)19)4-5-9(13)16/h8H,3-7H2,1-2H3,(H2,13,16)(H,14,20)(H,18,19)/t8-/m0/s1. The lowest BCUT2D eigenvalue weighted by Crippen LogP contribution is -2.49. The second kappa shape index (κ2) is 9.56. The number of amides is 3. The number of carbonyl (C=O) groups excluding carboxylic acids is 3. The molecule has 120 valence electrons.